The number of pyridine rings is 1. The first kappa shape index (κ1) is 19.6. The van der Waals surface area contributed by atoms with Gasteiger partial charge in [0.15, 0.2) is 0 Å². The lowest BCUT2D eigenvalue weighted by Crippen LogP contribution is -2.31. The molecule has 2 aromatic carbocycles. The van der Waals surface area contributed by atoms with Gasteiger partial charge in [-0.15, -0.1) is 0 Å². The predicted octanol–water partition coefficient (Wildman–Crippen LogP) is 4.96. The van der Waals surface area contributed by atoms with Crippen LogP contribution in [0.3, 0.4) is 0 Å². The lowest BCUT2D eigenvalue weighted by Gasteiger charge is -2.20. The van der Waals surface area contributed by atoms with Gasteiger partial charge in [0.25, 0.3) is 11.8 Å². The van der Waals surface area contributed by atoms with Gasteiger partial charge in [0.1, 0.15) is 5.69 Å². The zero-order valence-corrected chi connectivity index (χ0v) is 16.4. The smallest absolute Gasteiger partial charge is 0.276 e. The van der Waals surface area contributed by atoms with Crippen LogP contribution in [0, 0.1) is 6.92 Å². The first-order valence-corrected chi connectivity index (χ1v) is 9.28. The number of anilines is 2. The average Bonchev–Trinajstić information content (AvgIpc) is 2.72. The molecule has 3 rings (SSSR count). The number of nitrogens with one attached hydrogen (secondary N) is 1. The van der Waals surface area contributed by atoms with E-state index in [1.54, 1.807) is 23.1 Å². The van der Waals surface area contributed by atoms with E-state index in [4.69, 9.17) is 11.6 Å². The molecule has 0 spiro atoms. The van der Waals surface area contributed by atoms with Crippen LogP contribution in [0.2, 0.25) is 5.02 Å². The summed E-state index contributed by atoms with van der Waals surface area (Å²) in [4.78, 5) is 31.4. The van der Waals surface area contributed by atoms with Crippen LogP contribution in [0.4, 0.5) is 11.4 Å². The van der Waals surface area contributed by atoms with Crippen molar-refractivity contribution in [2.75, 3.05) is 16.8 Å². The first-order valence-electron chi connectivity index (χ1n) is 8.90. The molecule has 0 aliphatic carbocycles. The van der Waals surface area contributed by atoms with Crippen molar-refractivity contribution in [3.05, 3.63) is 88.7 Å². The number of rotatable bonds is 5. The molecule has 1 aromatic heterocycles. The molecule has 3 aromatic rings. The van der Waals surface area contributed by atoms with Crippen molar-refractivity contribution in [3.8, 4) is 0 Å². The van der Waals surface area contributed by atoms with Crippen molar-refractivity contribution in [2.45, 2.75) is 13.8 Å². The van der Waals surface area contributed by atoms with Crippen molar-refractivity contribution in [1.29, 1.82) is 0 Å². The number of aryl methyl sites for hydroxylation is 1. The van der Waals surface area contributed by atoms with Crippen molar-refractivity contribution in [1.82, 2.24) is 4.98 Å². The van der Waals surface area contributed by atoms with E-state index in [9.17, 15) is 9.59 Å². The highest BCUT2D eigenvalue weighted by Gasteiger charge is 2.19. The Hall–Kier alpha value is -3.18. The van der Waals surface area contributed by atoms with Crippen LogP contribution in [0.15, 0.2) is 66.9 Å². The lowest BCUT2D eigenvalue weighted by molar-refractivity contribution is 0.0983. The highest BCUT2D eigenvalue weighted by Crippen LogP contribution is 2.21. The van der Waals surface area contributed by atoms with Gasteiger partial charge >= 0.3 is 0 Å². The van der Waals surface area contributed by atoms with Gasteiger partial charge in [-0.3, -0.25) is 14.6 Å². The standard InChI is InChI=1S/C22H20ClN3O2/c1-3-26(18-7-5-4-6-8-18)22(28)20-13-16(11-12-24-20)21(27)25-19-14-17(23)10-9-15(19)2/h4-14H,3H2,1-2H3,(H,25,27). The Morgan fingerprint density at radius 3 is 2.54 bits per heavy atom. The summed E-state index contributed by atoms with van der Waals surface area (Å²) in [5.41, 5.74) is 2.86. The Morgan fingerprint density at radius 2 is 1.82 bits per heavy atom. The van der Waals surface area contributed by atoms with Crippen LogP contribution < -0.4 is 10.2 Å². The molecule has 1 heterocycles. The second-order valence-corrected chi connectivity index (χ2v) is 6.66. The molecule has 0 bridgehead atoms. The number of benzene rings is 2. The van der Waals surface area contributed by atoms with Gasteiger partial charge in [-0.1, -0.05) is 35.9 Å². The molecule has 0 saturated heterocycles. The Balaban J connectivity index is 1.84. The zero-order chi connectivity index (χ0) is 20.1. The molecule has 0 fully saturated rings. The van der Waals surface area contributed by atoms with Crippen molar-refractivity contribution >= 4 is 34.8 Å². The van der Waals surface area contributed by atoms with E-state index < -0.39 is 0 Å². The van der Waals surface area contributed by atoms with Gasteiger partial charge in [0.2, 0.25) is 0 Å². The summed E-state index contributed by atoms with van der Waals surface area (Å²) >= 11 is 6.01. The quantitative estimate of drug-likeness (QED) is 0.666. The summed E-state index contributed by atoms with van der Waals surface area (Å²) in [5, 5.41) is 3.37. The fourth-order valence-corrected chi connectivity index (χ4v) is 2.97. The molecule has 1 N–H and O–H groups in total. The molecular weight excluding hydrogens is 374 g/mol. The minimum absolute atomic E-state index is 0.209. The molecule has 2 amide bonds. The minimum Gasteiger partial charge on any atom is -0.322 e. The van der Waals surface area contributed by atoms with Crippen molar-refractivity contribution in [3.63, 3.8) is 0 Å². The molecule has 28 heavy (non-hydrogen) atoms. The van der Waals surface area contributed by atoms with Crippen molar-refractivity contribution < 1.29 is 9.59 Å². The topological polar surface area (TPSA) is 62.3 Å². The number of hydrogen-bond acceptors (Lipinski definition) is 3. The number of nitrogens with zero attached hydrogens (tertiary/aromatic N) is 2. The second kappa shape index (κ2) is 8.67. The molecular formula is C22H20ClN3O2. The van der Waals surface area contributed by atoms with E-state index in [1.807, 2.05) is 50.2 Å². The molecule has 5 nitrogen and oxygen atoms in total. The summed E-state index contributed by atoms with van der Waals surface area (Å²) in [5.74, 6) is -0.591. The van der Waals surface area contributed by atoms with Crippen LogP contribution in [-0.2, 0) is 0 Å². The number of hydrogen-bond donors (Lipinski definition) is 1. The van der Waals surface area contributed by atoms with Gasteiger partial charge in [0.05, 0.1) is 0 Å². The molecule has 0 aliphatic heterocycles. The van der Waals surface area contributed by atoms with E-state index in [-0.39, 0.29) is 17.5 Å². The highest BCUT2D eigenvalue weighted by molar-refractivity contribution is 6.31. The van der Waals surface area contributed by atoms with E-state index >= 15 is 0 Å². The number of halogens is 1. The summed E-state index contributed by atoms with van der Waals surface area (Å²) in [6.07, 6.45) is 1.46. The maximum Gasteiger partial charge on any atom is 0.276 e. The van der Waals surface area contributed by atoms with E-state index in [0.717, 1.165) is 11.3 Å². The largest absolute Gasteiger partial charge is 0.322 e. The Labute approximate surface area is 169 Å². The minimum atomic E-state index is -0.329. The lowest BCUT2D eigenvalue weighted by atomic mass is 10.1. The molecule has 0 aliphatic rings. The Bertz CT molecular complexity index is 1010. The SMILES string of the molecule is CCN(C(=O)c1cc(C(=O)Nc2cc(Cl)ccc2C)ccn1)c1ccccc1. The van der Waals surface area contributed by atoms with Gasteiger partial charge in [-0.2, -0.15) is 0 Å². The van der Waals surface area contributed by atoms with Gasteiger partial charge in [0, 0.05) is 34.7 Å². The van der Waals surface area contributed by atoms with E-state index in [1.165, 1.54) is 12.3 Å². The monoisotopic (exact) mass is 393 g/mol. The molecule has 6 heteroatoms. The van der Waals surface area contributed by atoms with Crippen LogP contribution in [0.25, 0.3) is 0 Å². The van der Waals surface area contributed by atoms with Gasteiger partial charge in [-0.25, -0.2) is 0 Å². The average molecular weight is 394 g/mol. The summed E-state index contributed by atoms with van der Waals surface area (Å²) in [6.45, 7) is 4.26. The molecule has 0 saturated carbocycles. The van der Waals surface area contributed by atoms with Gasteiger partial charge < -0.3 is 10.2 Å². The highest BCUT2D eigenvalue weighted by atomic mass is 35.5. The summed E-state index contributed by atoms with van der Waals surface area (Å²) < 4.78 is 0. The van der Waals surface area contributed by atoms with Gasteiger partial charge in [-0.05, 0) is 55.8 Å². The van der Waals surface area contributed by atoms with E-state index in [2.05, 4.69) is 10.3 Å². The van der Waals surface area contributed by atoms with E-state index in [0.29, 0.717) is 22.8 Å². The fraction of sp³-hybridized carbons (Fsp3) is 0.136. The number of carbonyl (C=O) groups excluding carboxylic acids is 2. The summed E-state index contributed by atoms with van der Waals surface area (Å²) in [6, 6.07) is 17.7. The first-order chi connectivity index (χ1) is 13.5. The number of para-hydroxylation sites is 1. The Morgan fingerprint density at radius 1 is 1.07 bits per heavy atom. The molecule has 0 atom stereocenters. The maximum atomic E-state index is 12.9. The fourth-order valence-electron chi connectivity index (χ4n) is 2.80. The predicted molar refractivity (Wildman–Crippen MR) is 112 cm³/mol. The zero-order valence-electron chi connectivity index (χ0n) is 15.6. The number of amides is 2. The second-order valence-electron chi connectivity index (χ2n) is 6.23. The van der Waals surface area contributed by atoms with Crippen molar-refractivity contribution in [2.24, 2.45) is 0 Å². The van der Waals surface area contributed by atoms with Crippen LogP contribution in [0.5, 0.6) is 0 Å². The maximum absolute atomic E-state index is 12.9. The third-order valence-corrected chi connectivity index (χ3v) is 4.55. The van der Waals surface area contributed by atoms with Crippen LogP contribution >= 0.6 is 11.6 Å². The normalized spacial score (nSPS) is 10.4. The van der Waals surface area contributed by atoms with Crippen LogP contribution in [-0.4, -0.2) is 23.3 Å². The Kier molecular flexibility index (Phi) is 6.06. The summed E-state index contributed by atoms with van der Waals surface area (Å²) in [7, 11) is 0. The molecule has 142 valence electrons. The third kappa shape index (κ3) is 4.38. The van der Waals surface area contributed by atoms with Crippen LogP contribution in [0.1, 0.15) is 33.3 Å². The third-order valence-electron chi connectivity index (χ3n) is 4.32. The number of aromatic nitrogens is 1. The molecule has 0 radical (unpaired) electrons. The molecule has 0 unspecified atom stereocenters. The number of carbonyl (C=O) groups is 2.